The Bertz CT molecular complexity index is 1830. The molecule has 1 aliphatic heterocycles. The van der Waals surface area contributed by atoms with Crippen LogP contribution in [0.3, 0.4) is 0 Å². The number of allylic oxidation sites excluding steroid dienone is 1. The highest BCUT2D eigenvalue weighted by molar-refractivity contribution is 9.10. The molecule has 7 nitrogen and oxygen atoms in total. The Morgan fingerprint density at radius 3 is 2.59 bits per heavy atom. The number of fused-ring (bicyclic) bond motifs is 1. The zero-order valence-electron chi connectivity index (χ0n) is 22.5. The lowest BCUT2D eigenvalue weighted by Crippen LogP contribution is -2.40. The van der Waals surface area contributed by atoms with Gasteiger partial charge in [-0.25, -0.2) is 9.79 Å². The second-order valence-electron chi connectivity index (χ2n) is 9.13. The number of hydrogen-bond donors (Lipinski definition) is 0. The van der Waals surface area contributed by atoms with E-state index >= 15 is 0 Å². The first-order valence-corrected chi connectivity index (χ1v) is 14.8. The van der Waals surface area contributed by atoms with Crippen LogP contribution in [-0.2, 0) is 16.1 Å². The molecule has 1 aromatic heterocycles. The molecule has 1 atom stereocenters. The quantitative estimate of drug-likeness (QED) is 0.225. The van der Waals surface area contributed by atoms with Gasteiger partial charge in [-0.2, -0.15) is 0 Å². The lowest BCUT2D eigenvalue weighted by molar-refractivity contribution is -0.139. The van der Waals surface area contributed by atoms with E-state index in [1.54, 1.807) is 45.2 Å². The molecular weight excluding hydrogens is 628 g/mol. The van der Waals surface area contributed by atoms with Crippen LogP contribution in [0.25, 0.3) is 6.08 Å². The largest absolute Gasteiger partial charge is 0.493 e. The van der Waals surface area contributed by atoms with Gasteiger partial charge in [0.15, 0.2) is 16.3 Å². The van der Waals surface area contributed by atoms with E-state index < -0.39 is 12.0 Å². The Hall–Kier alpha value is -3.66. The minimum atomic E-state index is -0.781. The zero-order chi connectivity index (χ0) is 29.1. The Kier molecular flexibility index (Phi) is 8.77. The Labute approximate surface area is 254 Å². The van der Waals surface area contributed by atoms with Crippen molar-refractivity contribution in [3.8, 4) is 11.5 Å². The smallest absolute Gasteiger partial charge is 0.338 e. The summed E-state index contributed by atoms with van der Waals surface area (Å²) in [6.07, 6.45) is 1.77. The monoisotopic (exact) mass is 652 g/mol. The predicted octanol–water partition coefficient (Wildman–Crippen LogP) is 5.80. The van der Waals surface area contributed by atoms with Crippen molar-refractivity contribution in [2.75, 3.05) is 13.7 Å². The molecule has 2 heterocycles. The summed E-state index contributed by atoms with van der Waals surface area (Å²) in [5, 5.41) is 0.434. The summed E-state index contributed by atoms with van der Waals surface area (Å²) >= 11 is 11.4. The number of carbonyl (C=O) groups is 1. The number of benzene rings is 3. The van der Waals surface area contributed by atoms with E-state index in [9.17, 15) is 9.59 Å². The fraction of sp³-hybridized carbons (Fsp3) is 0.194. The van der Waals surface area contributed by atoms with E-state index in [-0.39, 0.29) is 17.7 Å². The summed E-state index contributed by atoms with van der Waals surface area (Å²) in [7, 11) is 1.57. The number of ether oxygens (including phenoxy) is 3. The molecule has 0 unspecified atom stereocenters. The second kappa shape index (κ2) is 12.5. The molecule has 0 fully saturated rings. The molecule has 0 N–H and O–H groups in total. The number of methoxy groups -OCH3 is 1. The molecule has 0 spiro atoms. The molecule has 0 radical (unpaired) electrons. The van der Waals surface area contributed by atoms with Crippen LogP contribution in [0, 0.1) is 0 Å². The van der Waals surface area contributed by atoms with Crippen LogP contribution in [0.2, 0.25) is 5.02 Å². The molecular formula is C31H26BrClN2O5S. The summed E-state index contributed by atoms with van der Waals surface area (Å²) in [6.45, 7) is 4.04. The molecule has 0 saturated heterocycles. The summed E-state index contributed by atoms with van der Waals surface area (Å²) in [4.78, 5) is 32.1. The number of thiazole rings is 1. The van der Waals surface area contributed by atoms with Crippen molar-refractivity contribution in [3.63, 3.8) is 0 Å². The van der Waals surface area contributed by atoms with Crippen LogP contribution < -0.4 is 24.4 Å². The van der Waals surface area contributed by atoms with E-state index in [0.29, 0.717) is 48.2 Å². The van der Waals surface area contributed by atoms with Crippen LogP contribution in [0.15, 0.2) is 92.3 Å². The first kappa shape index (κ1) is 28.9. The van der Waals surface area contributed by atoms with Gasteiger partial charge in [0.1, 0.15) is 12.6 Å². The lowest BCUT2D eigenvalue weighted by Gasteiger charge is -2.25. The molecule has 0 saturated carbocycles. The number of rotatable bonds is 8. The summed E-state index contributed by atoms with van der Waals surface area (Å²) in [5.74, 6) is 0.541. The third-order valence-electron chi connectivity index (χ3n) is 6.49. The molecule has 0 bridgehead atoms. The molecule has 5 rings (SSSR count). The van der Waals surface area contributed by atoms with E-state index in [4.69, 9.17) is 25.8 Å². The van der Waals surface area contributed by atoms with E-state index in [1.165, 1.54) is 15.9 Å². The SMILES string of the molecule is CCOC(=O)C1=C(C)N=c2s/c(=C\c3cc(Br)c(OCc4ccccc4)c(OC)c3)c(=O)n2[C@@H]1c1ccccc1Cl. The Morgan fingerprint density at radius 2 is 1.88 bits per heavy atom. The normalized spacial score (nSPS) is 14.9. The zero-order valence-corrected chi connectivity index (χ0v) is 25.7. The number of esters is 1. The third kappa shape index (κ3) is 5.88. The van der Waals surface area contributed by atoms with Crippen LogP contribution in [0.5, 0.6) is 11.5 Å². The molecule has 1 aliphatic rings. The molecule has 4 aromatic rings. The molecule has 210 valence electrons. The standard InChI is InChI=1S/C31H26BrClN2O5S/c1-4-39-30(37)26-18(2)34-31-35(27(26)21-12-8-9-13-23(21)33)29(36)25(41-31)16-20-14-22(32)28(24(15-20)38-3)40-17-19-10-6-5-7-11-19/h5-16,27H,4,17H2,1-3H3/b25-16-/t27-/m1/s1. The van der Waals surface area contributed by atoms with Gasteiger partial charge in [0, 0.05) is 5.02 Å². The first-order valence-electron chi connectivity index (χ1n) is 12.8. The number of hydrogen-bond acceptors (Lipinski definition) is 7. The average molecular weight is 654 g/mol. The van der Waals surface area contributed by atoms with Gasteiger partial charge in [-0.1, -0.05) is 71.5 Å². The summed E-state index contributed by atoms with van der Waals surface area (Å²) in [6, 6.07) is 19.9. The van der Waals surface area contributed by atoms with Gasteiger partial charge in [0.25, 0.3) is 5.56 Å². The predicted molar refractivity (Wildman–Crippen MR) is 163 cm³/mol. The van der Waals surface area contributed by atoms with Crippen molar-refractivity contribution in [2.24, 2.45) is 4.99 Å². The van der Waals surface area contributed by atoms with Gasteiger partial charge >= 0.3 is 5.97 Å². The highest BCUT2D eigenvalue weighted by atomic mass is 79.9. The summed E-state index contributed by atoms with van der Waals surface area (Å²) in [5.41, 5.74) is 2.82. The van der Waals surface area contributed by atoms with Crippen LogP contribution in [0.1, 0.15) is 36.6 Å². The highest BCUT2D eigenvalue weighted by Gasteiger charge is 2.34. The number of halogens is 2. The van der Waals surface area contributed by atoms with Crippen molar-refractivity contribution in [2.45, 2.75) is 26.5 Å². The summed E-state index contributed by atoms with van der Waals surface area (Å²) < 4.78 is 19.7. The number of aromatic nitrogens is 1. The highest BCUT2D eigenvalue weighted by Crippen LogP contribution is 2.38. The molecule has 10 heteroatoms. The minimum Gasteiger partial charge on any atom is -0.493 e. The van der Waals surface area contributed by atoms with Gasteiger partial charge in [-0.05, 0) is 70.7 Å². The van der Waals surface area contributed by atoms with E-state index in [1.807, 2.05) is 48.5 Å². The van der Waals surface area contributed by atoms with Gasteiger partial charge in [-0.15, -0.1) is 0 Å². The van der Waals surface area contributed by atoms with E-state index in [2.05, 4.69) is 20.9 Å². The van der Waals surface area contributed by atoms with Crippen LogP contribution in [-0.4, -0.2) is 24.3 Å². The van der Waals surface area contributed by atoms with Crippen molar-refractivity contribution in [1.29, 1.82) is 0 Å². The fourth-order valence-electron chi connectivity index (χ4n) is 4.63. The van der Waals surface area contributed by atoms with Gasteiger partial charge in [0.2, 0.25) is 0 Å². The van der Waals surface area contributed by atoms with E-state index in [0.717, 1.165) is 11.1 Å². The molecule has 3 aromatic carbocycles. The van der Waals surface area contributed by atoms with Crippen molar-refractivity contribution < 1.29 is 19.0 Å². The topological polar surface area (TPSA) is 79.1 Å². The maximum atomic E-state index is 13.9. The van der Waals surface area contributed by atoms with Gasteiger partial charge in [-0.3, -0.25) is 9.36 Å². The van der Waals surface area contributed by atoms with Crippen LogP contribution >= 0.6 is 38.9 Å². The third-order valence-corrected chi connectivity index (χ3v) is 8.41. The van der Waals surface area contributed by atoms with Crippen LogP contribution in [0.4, 0.5) is 0 Å². The number of carbonyl (C=O) groups excluding carboxylic acids is 1. The fourth-order valence-corrected chi connectivity index (χ4v) is 6.49. The molecule has 41 heavy (non-hydrogen) atoms. The molecule has 0 aliphatic carbocycles. The van der Waals surface area contributed by atoms with Crippen molar-refractivity contribution in [3.05, 3.63) is 124 Å². The van der Waals surface area contributed by atoms with Crippen molar-refractivity contribution >= 4 is 50.9 Å². The van der Waals surface area contributed by atoms with Gasteiger partial charge < -0.3 is 14.2 Å². The molecule has 0 amide bonds. The van der Waals surface area contributed by atoms with Gasteiger partial charge in [0.05, 0.1) is 34.0 Å². The average Bonchev–Trinajstić information content (AvgIpc) is 3.26. The Morgan fingerprint density at radius 1 is 1.15 bits per heavy atom. The second-order valence-corrected chi connectivity index (χ2v) is 11.4. The maximum absolute atomic E-state index is 13.9. The Balaban J connectivity index is 1.60. The lowest BCUT2D eigenvalue weighted by atomic mass is 9.96. The minimum absolute atomic E-state index is 0.192. The maximum Gasteiger partial charge on any atom is 0.338 e. The first-order chi connectivity index (χ1) is 19.8. The number of nitrogens with zero attached hydrogens (tertiary/aromatic N) is 2. The van der Waals surface area contributed by atoms with Crippen molar-refractivity contribution in [1.82, 2.24) is 4.57 Å².